The standard InChI is InChI=1S/C12H20N2OS2/c1-17-9-4-2-3-8(7-9)14-11(15)12(5-6-12)10(13)16/h8-9H,2-7H2,1H3,(H2,13,16)(H,14,15). The van der Waals surface area contributed by atoms with Gasteiger partial charge in [-0.05, 0) is 38.4 Å². The molecule has 0 radical (unpaired) electrons. The van der Waals surface area contributed by atoms with Crippen LogP contribution in [0.5, 0.6) is 0 Å². The van der Waals surface area contributed by atoms with E-state index in [-0.39, 0.29) is 5.91 Å². The highest BCUT2D eigenvalue weighted by Gasteiger charge is 2.53. The van der Waals surface area contributed by atoms with Gasteiger partial charge in [0.2, 0.25) is 5.91 Å². The Morgan fingerprint density at radius 3 is 2.71 bits per heavy atom. The van der Waals surface area contributed by atoms with Crippen LogP contribution in [0.15, 0.2) is 0 Å². The summed E-state index contributed by atoms with van der Waals surface area (Å²) in [6.45, 7) is 0. The molecule has 5 heteroatoms. The molecule has 0 aliphatic heterocycles. The average molecular weight is 272 g/mol. The van der Waals surface area contributed by atoms with Crippen LogP contribution in [0.4, 0.5) is 0 Å². The van der Waals surface area contributed by atoms with Gasteiger partial charge in [-0.15, -0.1) is 0 Å². The molecule has 2 aliphatic rings. The quantitative estimate of drug-likeness (QED) is 0.767. The van der Waals surface area contributed by atoms with Crippen LogP contribution in [0.1, 0.15) is 38.5 Å². The molecule has 0 heterocycles. The average Bonchev–Trinajstić information content (AvgIpc) is 3.10. The molecular weight excluding hydrogens is 252 g/mol. The van der Waals surface area contributed by atoms with E-state index < -0.39 is 5.41 Å². The van der Waals surface area contributed by atoms with E-state index in [0.717, 1.165) is 25.7 Å². The smallest absolute Gasteiger partial charge is 0.233 e. The molecular formula is C12H20N2OS2. The predicted molar refractivity (Wildman–Crippen MR) is 76.2 cm³/mol. The second-order valence-corrected chi connectivity index (χ2v) is 6.72. The molecule has 0 aromatic rings. The van der Waals surface area contributed by atoms with Gasteiger partial charge in [-0.1, -0.05) is 18.6 Å². The lowest BCUT2D eigenvalue weighted by Gasteiger charge is -2.29. The third-order valence-corrected chi connectivity index (χ3v) is 5.44. The maximum atomic E-state index is 12.1. The molecule has 3 N–H and O–H groups in total. The van der Waals surface area contributed by atoms with E-state index in [0.29, 0.717) is 16.3 Å². The zero-order chi connectivity index (χ0) is 12.5. The summed E-state index contributed by atoms with van der Waals surface area (Å²) in [5.41, 5.74) is 5.16. The Kier molecular flexibility index (Phi) is 3.98. The lowest BCUT2D eigenvalue weighted by atomic mass is 9.94. The van der Waals surface area contributed by atoms with E-state index in [9.17, 15) is 4.79 Å². The van der Waals surface area contributed by atoms with E-state index in [1.165, 1.54) is 12.8 Å². The fourth-order valence-corrected chi connectivity index (χ4v) is 3.65. The van der Waals surface area contributed by atoms with Crippen molar-refractivity contribution in [1.29, 1.82) is 0 Å². The largest absolute Gasteiger partial charge is 0.392 e. The molecule has 2 rings (SSSR count). The lowest BCUT2D eigenvalue weighted by Crippen LogP contribution is -2.46. The molecule has 3 nitrogen and oxygen atoms in total. The number of hydrogen-bond acceptors (Lipinski definition) is 3. The van der Waals surface area contributed by atoms with E-state index in [1.807, 2.05) is 11.8 Å². The fourth-order valence-electron chi connectivity index (χ4n) is 2.52. The normalized spacial score (nSPS) is 30.6. The molecule has 0 saturated heterocycles. The summed E-state index contributed by atoms with van der Waals surface area (Å²) in [5, 5.41) is 3.84. The fraction of sp³-hybridized carbons (Fsp3) is 0.833. The highest BCUT2D eigenvalue weighted by atomic mass is 32.2. The molecule has 0 bridgehead atoms. The summed E-state index contributed by atoms with van der Waals surface area (Å²) in [5.74, 6) is 0.0664. The van der Waals surface area contributed by atoms with Gasteiger partial charge in [-0.25, -0.2) is 0 Å². The second kappa shape index (κ2) is 5.14. The van der Waals surface area contributed by atoms with Crippen LogP contribution in [0.3, 0.4) is 0 Å². The van der Waals surface area contributed by atoms with Crippen LogP contribution in [0.25, 0.3) is 0 Å². The molecule has 2 fully saturated rings. The zero-order valence-electron chi connectivity index (χ0n) is 10.2. The summed E-state index contributed by atoms with van der Waals surface area (Å²) >= 11 is 6.90. The summed E-state index contributed by atoms with van der Waals surface area (Å²) in [6.07, 6.45) is 8.45. The van der Waals surface area contributed by atoms with Gasteiger partial charge in [-0.2, -0.15) is 11.8 Å². The molecule has 0 aromatic heterocycles. The van der Waals surface area contributed by atoms with Crippen molar-refractivity contribution in [1.82, 2.24) is 5.32 Å². The second-order valence-electron chi connectivity index (χ2n) is 5.14. The molecule has 1 amide bonds. The van der Waals surface area contributed by atoms with E-state index >= 15 is 0 Å². The number of carbonyl (C=O) groups is 1. The lowest BCUT2D eigenvalue weighted by molar-refractivity contribution is -0.124. The first-order valence-corrected chi connectivity index (χ1v) is 7.92. The van der Waals surface area contributed by atoms with Crippen molar-refractivity contribution in [2.45, 2.75) is 49.8 Å². The van der Waals surface area contributed by atoms with Gasteiger partial charge < -0.3 is 11.1 Å². The molecule has 2 saturated carbocycles. The van der Waals surface area contributed by atoms with Crippen LogP contribution < -0.4 is 11.1 Å². The number of rotatable bonds is 4. The number of carbonyl (C=O) groups excluding carboxylic acids is 1. The number of hydrogen-bond donors (Lipinski definition) is 2. The number of thiocarbonyl (C=S) groups is 1. The molecule has 0 spiro atoms. The topological polar surface area (TPSA) is 55.1 Å². The monoisotopic (exact) mass is 272 g/mol. The van der Waals surface area contributed by atoms with Crippen molar-refractivity contribution in [3.05, 3.63) is 0 Å². The van der Waals surface area contributed by atoms with Gasteiger partial charge in [0.15, 0.2) is 0 Å². The summed E-state index contributed by atoms with van der Waals surface area (Å²) in [6, 6.07) is 0.320. The third kappa shape index (κ3) is 2.76. The van der Waals surface area contributed by atoms with Gasteiger partial charge in [-0.3, -0.25) is 4.79 Å². The van der Waals surface area contributed by atoms with Crippen LogP contribution in [0, 0.1) is 5.41 Å². The van der Waals surface area contributed by atoms with Crippen LogP contribution in [-0.4, -0.2) is 28.4 Å². The first-order valence-electron chi connectivity index (χ1n) is 6.22. The first kappa shape index (κ1) is 13.1. The Balaban J connectivity index is 1.89. The maximum absolute atomic E-state index is 12.1. The van der Waals surface area contributed by atoms with Gasteiger partial charge in [0.1, 0.15) is 0 Å². The molecule has 96 valence electrons. The van der Waals surface area contributed by atoms with Crippen molar-refractivity contribution in [2.75, 3.05) is 6.26 Å². The van der Waals surface area contributed by atoms with Gasteiger partial charge in [0.25, 0.3) is 0 Å². The maximum Gasteiger partial charge on any atom is 0.233 e. The van der Waals surface area contributed by atoms with Crippen molar-refractivity contribution in [3.8, 4) is 0 Å². The summed E-state index contributed by atoms with van der Waals surface area (Å²) in [4.78, 5) is 12.5. The van der Waals surface area contributed by atoms with E-state index in [1.54, 1.807) is 0 Å². The summed E-state index contributed by atoms with van der Waals surface area (Å²) < 4.78 is 0. The Hall–Kier alpha value is -0.290. The van der Waals surface area contributed by atoms with E-state index in [4.69, 9.17) is 18.0 Å². The van der Waals surface area contributed by atoms with Crippen LogP contribution in [0.2, 0.25) is 0 Å². The number of nitrogens with two attached hydrogens (primary N) is 1. The van der Waals surface area contributed by atoms with Crippen molar-refractivity contribution in [3.63, 3.8) is 0 Å². The molecule has 0 aromatic carbocycles. The van der Waals surface area contributed by atoms with Gasteiger partial charge >= 0.3 is 0 Å². The molecule has 2 aliphatic carbocycles. The molecule has 2 atom stereocenters. The molecule has 17 heavy (non-hydrogen) atoms. The van der Waals surface area contributed by atoms with Crippen molar-refractivity contribution >= 4 is 34.9 Å². The van der Waals surface area contributed by atoms with Crippen molar-refractivity contribution < 1.29 is 4.79 Å². The van der Waals surface area contributed by atoms with Gasteiger partial charge in [0.05, 0.1) is 10.4 Å². The Bertz CT molecular complexity index is 328. The SMILES string of the molecule is CSC1CCCC(NC(=O)C2(C(N)=S)CC2)C1. The highest BCUT2D eigenvalue weighted by Crippen LogP contribution is 2.46. The minimum absolute atomic E-state index is 0.0664. The highest BCUT2D eigenvalue weighted by molar-refractivity contribution is 7.99. The first-order chi connectivity index (χ1) is 8.08. The minimum Gasteiger partial charge on any atom is -0.392 e. The Labute approximate surface area is 112 Å². The minimum atomic E-state index is -0.498. The number of amides is 1. The van der Waals surface area contributed by atoms with Crippen LogP contribution in [-0.2, 0) is 4.79 Å². The van der Waals surface area contributed by atoms with Crippen LogP contribution >= 0.6 is 24.0 Å². The zero-order valence-corrected chi connectivity index (χ0v) is 11.8. The van der Waals surface area contributed by atoms with Crippen molar-refractivity contribution in [2.24, 2.45) is 11.1 Å². The summed E-state index contributed by atoms with van der Waals surface area (Å²) in [7, 11) is 0. The molecule has 2 unspecified atom stereocenters. The Morgan fingerprint density at radius 2 is 2.18 bits per heavy atom. The third-order valence-electron chi connectivity index (χ3n) is 3.95. The number of thioether (sulfide) groups is 1. The number of nitrogens with one attached hydrogen (secondary N) is 1. The van der Waals surface area contributed by atoms with Gasteiger partial charge in [0, 0.05) is 11.3 Å². The Morgan fingerprint density at radius 1 is 1.47 bits per heavy atom. The predicted octanol–water partition coefficient (Wildman–Crippen LogP) is 1.84. The van der Waals surface area contributed by atoms with E-state index in [2.05, 4.69) is 11.6 Å².